The summed E-state index contributed by atoms with van der Waals surface area (Å²) in [5.41, 5.74) is 1.37. The van der Waals surface area contributed by atoms with Crippen molar-refractivity contribution in [3.8, 4) is 0 Å². The van der Waals surface area contributed by atoms with Gasteiger partial charge in [-0.3, -0.25) is 9.69 Å². The van der Waals surface area contributed by atoms with Gasteiger partial charge in [0.25, 0.3) is 0 Å². The van der Waals surface area contributed by atoms with E-state index in [1.165, 1.54) is 25.0 Å². The SMILES string of the molecule is O=C([C@@H]1CSCN1Cc1cc(Cl)ccc1C(F)(F)F)N1CCN(C2CC2)c2ccccc21. The van der Waals surface area contributed by atoms with E-state index in [1.807, 2.05) is 28.0 Å². The van der Waals surface area contributed by atoms with Crippen LogP contribution in [-0.2, 0) is 17.5 Å². The summed E-state index contributed by atoms with van der Waals surface area (Å²) in [6, 6.07) is 11.6. The number of nitrogens with zero attached hydrogens (tertiary/aromatic N) is 3. The molecule has 2 aliphatic heterocycles. The molecule has 1 atom stereocenters. The molecule has 5 rings (SSSR count). The molecule has 170 valence electrons. The fourth-order valence-corrected chi connectivity index (χ4v) is 5.99. The second-order valence-corrected chi connectivity index (χ2v) is 9.90. The van der Waals surface area contributed by atoms with Crippen molar-refractivity contribution >= 4 is 40.6 Å². The highest BCUT2D eigenvalue weighted by Gasteiger charge is 2.41. The Morgan fingerprint density at radius 1 is 1.09 bits per heavy atom. The molecule has 0 unspecified atom stereocenters. The highest BCUT2D eigenvalue weighted by atomic mass is 35.5. The third-order valence-corrected chi connectivity index (χ3v) is 7.61. The zero-order valence-electron chi connectivity index (χ0n) is 17.3. The summed E-state index contributed by atoms with van der Waals surface area (Å²) in [5, 5.41) is 0.257. The molecule has 9 heteroatoms. The van der Waals surface area contributed by atoms with Crippen molar-refractivity contribution in [2.24, 2.45) is 0 Å². The third kappa shape index (κ3) is 4.20. The Bertz CT molecular complexity index is 1030. The van der Waals surface area contributed by atoms with Gasteiger partial charge in [0.05, 0.1) is 23.0 Å². The minimum atomic E-state index is -4.47. The fourth-order valence-electron chi connectivity index (χ4n) is 4.61. The monoisotopic (exact) mass is 481 g/mol. The fraction of sp³-hybridized carbons (Fsp3) is 0.435. The summed E-state index contributed by atoms with van der Waals surface area (Å²) in [5.74, 6) is 1.02. The Morgan fingerprint density at radius 3 is 2.56 bits per heavy atom. The minimum Gasteiger partial charge on any atom is -0.365 e. The number of halogens is 4. The summed E-state index contributed by atoms with van der Waals surface area (Å²) >= 11 is 7.57. The van der Waals surface area contributed by atoms with Gasteiger partial charge in [0.15, 0.2) is 0 Å². The van der Waals surface area contributed by atoms with E-state index in [9.17, 15) is 18.0 Å². The number of para-hydroxylation sites is 2. The Labute approximate surface area is 194 Å². The van der Waals surface area contributed by atoms with E-state index < -0.39 is 17.8 Å². The lowest BCUT2D eigenvalue weighted by molar-refractivity contribution is -0.138. The van der Waals surface area contributed by atoms with E-state index in [0.717, 1.165) is 24.0 Å². The van der Waals surface area contributed by atoms with E-state index in [2.05, 4.69) is 11.0 Å². The zero-order valence-corrected chi connectivity index (χ0v) is 18.9. The first-order chi connectivity index (χ1) is 15.3. The number of fused-ring (bicyclic) bond motifs is 1. The lowest BCUT2D eigenvalue weighted by Gasteiger charge is -2.39. The normalized spacial score (nSPS) is 21.7. The predicted octanol–water partition coefficient (Wildman–Crippen LogP) is 5.25. The second kappa shape index (κ2) is 8.47. The van der Waals surface area contributed by atoms with Crippen LogP contribution in [0.1, 0.15) is 24.0 Å². The summed E-state index contributed by atoms with van der Waals surface area (Å²) in [6.45, 7) is 1.40. The smallest absolute Gasteiger partial charge is 0.365 e. The third-order valence-electron chi connectivity index (χ3n) is 6.30. The molecular formula is C23H23ClF3N3OS. The standard InChI is InChI=1S/C23H23ClF3N3OS/c24-16-5-8-18(23(25,26)27)15(11-16)12-28-14-32-13-21(28)22(31)30-10-9-29(17-6-7-17)19-3-1-2-4-20(19)30/h1-5,8,11,17,21H,6-7,9-10,12-14H2/t21-/m0/s1. The second-order valence-electron chi connectivity index (χ2n) is 8.46. The van der Waals surface area contributed by atoms with Crippen molar-refractivity contribution in [1.82, 2.24) is 4.90 Å². The molecule has 2 heterocycles. The lowest BCUT2D eigenvalue weighted by Crippen LogP contribution is -2.52. The van der Waals surface area contributed by atoms with Crippen LogP contribution in [-0.4, -0.2) is 47.6 Å². The lowest BCUT2D eigenvalue weighted by atomic mass is 10.1. The number of carbonyl (C=O) groups excluding carboxylic acids is 1. The topological polar surface area (TPSA) is 26.8 Å². The van der Waals surface area contributed by atoms with Crippen LogP contribution in [0.2, 0.25) is 5.02 Å². The van der Waals surface area contributed by atoms with Gasteiger partial charge in [0.1, 0.15) is 0 Å². The molecule has 2 aromatic rings. The average molecular weight is 482 g/mol. The van der Waals surface area contributed by atoms with Crippen LogP contribution in [0.25, 0.3) is 0 Å². The van der Waals surface area contributed by atoms with Crippen LogP contribution in [0.3, 0.4) is 0 Å². The van der Waals surface area contributed by atoms with Crippen LogP contribution < -0.4 is 9.80 Å². The average Bonchev–Trinajstić information content (AvgIpc) is 3.50. The number of carbonyl (C=O) groups is 1. The number of benzene rings is 2. The number of rotatable bonds is 4. The van der Waals surface area contributed by atoms with Crippen LogP contribution in [0.15, 0.2) is 42.5 Å². The molecule has 1 saturated heterocycles. The first-order valence-electron chi connectivity index (χ1n) is 10.7. The molecule has 0 bridgehead atoms. The van der Waals surface area contributed by atoms with Crippen molar-refractivity contribution < 1.29 is 18.0 Å². The Hall–Kier alpha value is -1.90. The van der Waals surface area contributed by atoms with Gasteiger partial charge >= 0.3 is 6.18 Å². The van der Waals surface area contributed by atoms with Gasteiger partial charge in [-0.2, -0.15) is 13.2 Å². The molecule has 0 spiro atoms. The van der Waals surface area contributed by atoms with Gasteiger partial charge in [-0.25, -0.2) is 0 Å². The van der Waals surface area contributed by atoms with Crippen molar-refractivity contribution in [1.29, 1.82) is 0 Å². The van der Waals surface area contributed by atoms with Gasteiger partial charge in [-0.15, -0.1) is 11.8 Å². The summed E-state index contributed by atoms with van der Waals surface area (Å²) in [4.78, 5) is 19.6. The van der Waals surface area contributed by atoms with Crippen molar-refractivity contribution in [2.45, 2.75) is 37.6 Å². The molecular weight excluding hydrogens is 459 g/mol. The Kier molecular flexibility index (Phi) is 5.80. The molecule has 4 nitrogen and oxygen atoms in total. The van der Waals surface area contributed by atoms with E-state index in [-0.39, 0.29) is 23.0 Å². The highest BCUT2D eigenvalue weighted by molar-refractivity contribution is 7.99. The van der Waals surface area contributed by atoms with E-state index >= 15 is 0 Å². The van der Waals surface area contributed by atoms with Gasteiger partial charge in [0.2, 0.25) is 5.91 Å². The molecule has 2 fully saturated rings. The van der Waals surface area contributed by atoms with E-state index in [1.54, 1.807) is 11.8 Å². The van der Waals surface area contributed by atoms with Gasteiger partial charge in [-0.1, -0.05) is 23.7 Å². The summed E-state index contributed by atoms with van der Waals surface area (Å²) in [7, 11) is 0. The number of hydrogen-bond acceptors (Lipinski definition) is 4. The summed E-state index contributed by atoms with van der Waals surface area (Å²) in [6.07, 6.45) is -2.11. The summed E-state index contributed by atoms with van der Waals surface area (Å²) < 4.78 is 40.6. The molecule has 3 aliphatic rings. The van der Waals surface area contributed by atoms with Gasteiger partial charge in [-0.05, 0) is 48.7 Å². The molecule has 0 radical (unpaired) electrons. The maximum absolute atomic E-state index is 13.6. The van der Waals surface area contributed by atoms with Crippen LogP contribution in [0.5, 0.6) is 0 Å². The number of hydrogen-bond donors (Lipinski definition) is 0. The van der Waals surface area contributed by atoms with Crippen LogP contribution in [0, 0.1) is 0 Å². The first-order valence-corrected chi connectivity index (χ1v) is 12.2. The molecule has 1 aliphatic carbocycles. The van der Waals surface area contributed by atoms with Crippen molar-refractivity contribution in [3.63, 3.8) is 0 Å². The number of alkyl halides is 3. The van der Waals surface area contributed by atoms with E-state index in [4.69, 9.17) is 11.6 Å². The zero-order chi connectivity index (χ0) is 22.5. The quantitative estimate of drug-likeness (QED) is 0.596. The van der Waals surface area contributed by atoms with Crippen LogP contribution >= 0.6 is 23.4 Å². The Morgan fingerprint density at radius 2 is 1.84 bits per heavy atom. The molecule has 2 aromatic carbocycles. The number of amides is 1. The number of thioether (sulfide) groups is 1. The minimum absolute atomic E-state index is 0.0303. The molecule has 0 aromatic heterocycles. The highest BCUT2D eigenvalue weighted by Crippen LogP contribution is 2.41. The molecule has 32 heavy (non-hydrogen) atoms. The van der Waals surface area contributed by atoms with Crippen LogP contribution in [0.4, 0.5) is 24.5 Å². The van der Waals surface area contributed by atoms with Crippen molar-refractivity contribution in [2.75, 3.05) is 34.5 Å². The maximum atomic E-state index is 13.6. The van der Waals surface area contributed by atoms with Crippen molar-refractivity contribution in [3.05, 3.63) is 58.6 Å². The predicted molar refractivity (Wildman–Crippen MR) is 122 cm³/mol. The largest absolute Gasteiger partial charge is 0.416 e. The maximum Gasteiger partial charge on any atom is 0.416 e. The van der Waals surface area contributed by atoms with Gasteiger partial charge in [0, 0.05) is 42.3 Å². The first kappa shape index (κ1) is 21.9. The molecule has 1 amide bonds. The number of anilines is 2. The Balaban J connectivity index is 1.39. The van der Waals surface area contributed by atoms with Gasteiger partial charge < -0.3 is 9.80 Å². The molecule has 1 saturated carbocycles. The molecule has 0 N–H and O–H groups in total. The van der Waals surface area contributed by atoms with E-state index in [0.29, 0.717) is 24.2 Å².